The van der Waals surface area contributed by atoms with Crippen molar-refractivity contribution in [3.63, 3.8) is 0 Å². The Balaban J connectivity index is 1.37. The predicted molar refractivity (Wildman–Crippen MR) is 124 cm³/mol. The molecule has 1 fully saturated rings. The van der Waals surface area contributed by atoms with Gasteiger partial charge in [-0.3, -0.25) is 0 Å². The summed E-state index contributed by atoms with van der Waals surface area (Å²) >= 11 is 0. The minimum Gasteiger partial charge on any atom is -0.393 e. The van der Waals surface area contributed by atoms with Crippen molar-refractivity contribution in [2.75, 3.05) is 53.2 Å². The number of fused-ring (bicyclic) bond motifs is 1. The first-order chi connectivity index (χ1) is 14.6. The van der Waals surface area contributed by atoms with Crippen molar-refractivity contribution in [2.45, 2.75) is 20.3 Å². The summed E-state index contributed by atoms with van der Waals surface area (Å²) in [6.45, 7) is 8.98. The molecule has 0 aliphatic carbocycles. The molecule has 0 atom stereocenters. The number of para-hydroxylation sites is 1. The quantitative estimate of drug-likeness (QED) is 0.723. The molecule has 0 amide bonds. The van der Waals surface area contributed by atoms with Crippen LogP contribution < -0.4 is 20.4 Å². The van der Waals surface area contributed by atoms with Crippen molar-refractivity contribution in [1.82, 2.24) is 9.97 Å². The van der Waals surface area contributed by atoms with Crippen molar-refractivity contribution in [3.8, 4) is 0 Å². The minimum atomic E-state index is 0.675. The molecular formula is C24H28N6. The SMILES string of the molecule is Cc1cccc(N2CCN(c3ncnc(N4CCc5ccccc54)c3N)CC2)c1C. The summed E-state index contributed by atoms with van der Waals surface area (Å²) in [4.78, 5) is 16.1. The number of nitrogen functional groups attached to an aromatic ring is 1. The van der Waals surface area contributed by atoms with E-state index in [2.05, 4.69) is 81.0 Å². The second-order valence-electron chi connectivity index (χ2n) is 8.16. The van der Waals surface area contributed by atoms with Crippen molar-refractivity contribution in [2.24, 2.45) is 0 Å². The van der Waals surface area contributed by atoms with Crippen molar-refractivity contribution in [3.05, 3.63) is 65.5 Å². The Kier molecular flexibility index (Phi) is 4.69. The number of aromatic nitrogens is 2. The number of hydrogen-bond donors (Lipinski definition) is 1. The zero-order chi connectivity index (χ0) is 20.7. The Morgan fingerprint density at radius 2 is 1.47 bits per heavy atom. The summed E-state index contributed by atoms with van der Waals surface area (Å²) in [6.07, 6.45) is 2.67. The van der Waals surface area contributed by atoms with E-state index in [9.17, 15) is 0 Å². The fourth-order valence-corrected chi connectivity index (χ4v) is 4.64. The summed E-state index contributed by atoms with van der Waals surface area (Å²) in [7, 11) is 0. The average molecular weight is 401 g/mol. The first-order valence-corrected chi connectivity index (χ1v) is 10.7. The van der Waals surface area contributed by atoms with Gasteiger partial charge in [0.2, 0.25) is 0 Å². The molecule has 154 valence electrons. The highest BCUT2D eigenvalue weighted by Crippen LogP contribution is 2.38. The summed E-state index contributed by atoms with van der Waals surface area (Å²) in [6, 6.07) is 15.0. The Morgan fingerprint density at radius 1 is 0.767 bits per heavy atom. The van der Waals surface area contributed by atoms with E-state index in [1.807, 2.05) is 0 Å². The van der Waals surface area contributed by atoms with E-state index >= 15 is 0 Å². The van der Waals surface area contributed by atoms with Gasteiger partial charge in [0.15, 0.2) is 11.6 Å². The zero-order valence-corrected chi connectivity index (χ0v) is 17.7. The summed E-state index contributed by atoms with van der Waals surface area (Å²) in [5.74, 6) is 1.67. The highest BCUT2D eigenvalue weighted by molar-refractivity contribution is 5.82. The molecule has 0 unspecified atom stereocenters. The molecule has 0 bridgehead atoms. The molecule has 5 rings (SSSR count). The van der Waals surface area contributed by atoms with Gasteiger partial charge >= 0.3 is 0 Å². The maximum Gasteiger partial charge on any atom is 0.161 e. The van der Waals surface area contributed by atoms with Gasteiger partial charge in [0.1, 0.15) is 12.0 Å². The first-order valence-electron chi connectivity index (χ1n) is 10.7. The fourth-order valence-electron chi connectivity index (χ4n) is 4.64. The standard InChI is InChI=1S/C24H28N6/c1-17-6-5-9-20(18(17)2)28-12-14-29(15-13-28)23-22(25)24(27-16-26-23)30-11-10-19-7-3-4-8-21(19)30/h3-9,16H,10-15,25H2,1-2H3. The smallest absolute Gasteiger partial charge is 0.161 e. The maximum atomic E-state index is 6.62. The van der Waals surface area contributed by atoms with Crippen molar-refractivity contribution >= 4 is 28.7 Å². The molecule has 2 aromatic carbocycles. The molecule has 30 heavy (non-hydrogen) atoms. The van der Waals surface area contributed by atoms with E-state index < -0.39 is 0 Å². The number of anilines is 5. The van der Waals surface area contributed by atoms with Crippen molar-refractivity contribution < 1.29 is 0 Å². The molecule has 0 radical (unpaired) electrons. The number of piperazine rings is 1. The summed E-state index contributed by atoms with van der Waals surface area (Å²) in [5, 5.41) is 0. The van der Waals surface area contributed by atoms with Crippen LogP contribution in [-0.2, 0) is 6.42 Å². The topological polar surface area (TPSA) is 61.5 Å². The Labute approximate surface area is 178 Å². The van der Waals surface area contributed by atoms with Crippen LogP contribution in [0.3, 0.4) is 0 Å². The van der Waals surface area contributed by atoms with E-state index in [4.69, 9.17) is 5.73 Å². The highest BCUT2D eigenvalue weighted by atomic mass is 15.3. The second-order valence-corrected chi connectivity index (χ2v) is 8.16. The van der Waals surface area contributed by atoms with Crippen LogP contribution in [0.5, 0.6) is 0 Å². The van der Waals surface area contributed by atoms with Gasteiger partial charge in [-0.2, -0.15) is 0 Å². The molecule has 2 aliphatic heterocycles. The van der Waals surface area contributed by atoms with Gasteiger partial charge in [0.05, 0.1) is 0 Å². The Hall–Kier alpha value is -3.28. The van der Waals surface area contributed by atoms with Crippen LogP contribution in [0, 0.1) is 13.8 Å². The average Bonchev–Trinajstić information content (AvgIpc) is 3.20. The molecule has 0 spiro atoms. The number of nitrogens with zero attached hydrogens (tertiary/aromatic N) is 5. The summed E-state index contributed by atoms with van der Waals surface area (Å²) < 4.78 is 0. The molecule has 2 aliphatic rings. The molecule has 1 aromatic heterocycles. The lowest BCUT2D eigenvalue weighted by molar-refractivity contribution is 0.646. The molecule has 6 nitrogen and oxygen atoms in total. The predicted octanol–water partition coefficient (Wildman–Crippen LogP) is 3.70. The monoisotopic (exact) mass is 400 g/mol. The number of benzene rings is 2. The van der Waals surface area contributed by atoms with Crippen LogP contribution in [-0.4, -0.2) is 42.7 Å². The van der Waals surface area contributed by atoms with Gasteiger partial charge in [-0.25, -0.2) is 9.97 Å². The third-order valence-electron chi connectivity index (χ3n) is 6.48. The lowest BCUT2D eigenvalue weighted by Crippen LogP contribution is -2.47. The van der Waals surface area contributed by atoms with E-state index in [-0.39, 0.29) is 0 Å². The Bertz CT molecular complexity index is 1070. The van der Waals surface area contributed by atoms with Crippen LogP contribution >= 0.6 is 0 Å². The minimum absolute atomic E-state index is 0.675. The van der Waals surface area contributed by atoms with Gasteiger partial charge in [-0.05, 0) is 49.1 Å². The van der Waals surface area contributed by atoms with Gasteiger partial charge < -0.3 is 20.4 Å². The zero-order valence-electron chi connectivity index (χ0n) is 17.7. The third-order valence-corrected chi connectivity index (χ3v) is 6.48. The van der Waals surface area contributed by atoms with Crippen LogP contribution in [0.1, 0.15) is 16.7 Å². The normalized spacial score (nSPS) is 16.1. The van der Waals surface area contributed by atoms with Gasteiger partial charge in [0.25, 0.3) is 0 Å². The van der Waals surface area contributed by atoms with Crippen LogP contribution in [0.4, 0.5) is 28.7 Å². The fraction of sp³-hybridized carbons (Fsp3) is 0.333. The van der Waals surface area contributed by atoms with Crippen molar-refractivity contribution in [1.29, 1.82) is 0 Å². The molecular weight excluding hydrogens is 372 g/mol. The molecule has 1 saturated heterocycles. The van der Waals surface area contributed by atoms with E-state index in [1.165, 1.54) is 28.1 Å². The molecule has 3 heterocycles. The van der Waals surface area contributed by atoms with E-state index in [0.717, 1.165) is 50.8 Å². The van der Waals surface area contributed by atoms with Gasteiger partial charge in [-0.1, -0.05) is 30.3 Å². The summed E-state index contributed by atoms with van der Waals surface area (Å²) in [5.41, 5.74) is 13.9. The lowest BCUT2D eigenvalue weighted by atomic mass is 10.1. The van der Waals surface area contributed by atoms with E-state index in [0.29, 0.717) is 5.69 Å². The maximum absolute atomic E-state index is 6.62. The number of nitrogens with two attached hydrogens (primary N) is 1. The number of rotatable bonds is 3. The second kappa shape index (κ2) is 7.52. The highest BCUT2D eigenvalue weighted by Gasteiger charge is 2.27. The molecule has 6 heteroatoms. The lowest BCUT2D eigenvalue weighted by Gasteiger charge is -2.38. The van der Waals surface area contributed by atoms with Crippen LogP contribution in [0.2, 0.25) is 0 Å². The molecule has 0 saturated carbocycles. The number of aryl methyl sites for hydroxylation is 1. The molecule has 3 aromatic rings. The third kappa shape index (κ3) is 3.12. The Morgan fingerprint density at radius 3 is 2.30 bits per heavy atom. The first kappa shape index (κ1) is 18.7. The number of hydrogen-bond acceptors (Lipinski definition) is 6. The molecule has 2 N–H and O–H groups in total. The largest absolute Gasteiger partial charge is 0.393 e. The van der Waals surface area contributed by atoms with Gasteiger partial charge in [-0.15, -0.1) is 0 Å². The van der Waals surface area contributed by atoms with E-state index in [1.54, 1.807) is 6.33 Å². The van der Waals surface area contributed by atoms with Gasteiger partial charge in [0, 0.05) is 44.1 Å². The van der Waals surface area contributed by atoms with Crippen LogP contribution in [0.25, 0.3) is 0 Å². The van der Waals surface area contributed by atoms with Crippen LogP contribution in [0.15, 0.2) is 48.8 Å².